The Bertz CT molecular complexity index is 586. The Hall–Kier alpha value is -2.08. The summed E-state index contributed by atoms with van der Waals surface area (Å²) < 4.78 is 7.11. The minimum absolute atomic E-state index is 0.0141. The zero-order valence-electron chi connectivity index (χ0n) is 10.7. The molecule has 0 radical (unpaired) electrons. The molecule has 0 fully saturated rings. The summed E-state index contributed by atoms with van der Waals surface area (Å²) >= 11 is 5.85. The molecule has 0 aliphatic heterocycles. The van der Waals surface area contributed by atoms with Crippen LogP contribution in [0.25, 0.3) is 0 Å². The van der Waals surface area contributed by atoms with Crippen LogP contribution < -0.4 is 4.74 Å². The van der Waals surface area contributed by atoms with Crippen molar-refractivity contribution in [3.8, 4) is 5.75 Å². The van der Waals surface area contributed by atoms with Gasteiger partial charge in [0.05, 0.1) is 11.5 Å². The number of halogens is 1. The van der Waals surface area contributed by atoms with E-state index in [1.807, 2.05) is 12.1 Å². The predicted molar refractivity (Wildman–Crippen MR) is 75.1 cm³/mol. The van der Waals surface area contributed by atoms with E-state index in [9.17, 15) is 10.1 Å². The van der Waals surface area contributed by atoms with Gasteiger partial charge in [-0.2, -0.15) is 5.10 Å². The van der Waals surface area contributed by atoms with Gasteiger partial charge in [-0.15, -0.1) is 0 Å². The summed E-state index contributed by atoms with van der Waals surface area (Å²) in [6, 6.07) is 7.24. The van der Waals surface area contributed by atoms with Crippen molar-refractivity contribution in [2.75, 3.05) is 6.61 Å². The third-order valence-corrected chi connectivity index (χ3v) is 2.91. The lowest BCUT2D eigenvalue weighted by Gasteiger charge is -2.06. The predicted octanol–water partition coefficient (Wildman–Crippen LogP) is 3.30. The SMILES string of the molecule is O=[N+]([O-])c1cnn(CCCCOc2cccc(Cl)c2)c1. The first-order valence-electron chi connectivity index (χ1n) is 6.20. The van der Waals surface area contributed by atoms with Crippen molar-refractivity contribution in [1.82, 2.24) is 9.78 Å². The summed E-state index contributed by atoms with van der Waals surface area (Å²) in [4.78, 5) is 10.0. The number of hydrogen-bond donors (Lipinski definition) is 0. The number of hydrogen-bond acceptors (Lipinski definition) is 4. The first kappa shape index (κ1) is 14.3. The largest absolute Gasteiger partial charge is 0.494 e. The van der Waals surface area contributed by atoms with E-state index in [4.69, 9.17) is 16.3 Å². The molecule has 0 spiro atoms. The Morgan fingerprint density at radius 2 is 2.25 bits per heavy atom. The number of aromatic nitrogens is 2. The van der Waals surface area contributed by atoms with Crippen LogP contribution in [0.3, 0.4) is 0 Å². The van der Waals surface area contributed by atoms with Crippen molar-refractivity contribution < 1.29 is 9.66 Å². The fourth-order valence-corrected chi connectivity index (χ4v) is 1.87. The summed E-state index contributed by atoms with van der Waals surface area (Å²) in [5.74, 6) is 0.743. The summed E-state index contributed by atoms with van der Waals surface area (Å²) in [5, 5.41) is 15.1. The van der Waals surface area contributed by atoms with Crippen LogP contribution in [0.4, 0.5) is 5.69 Å². The summed E-state index contributed by atoms with van der Waals surface area (Å²) in [5.41, 5.74) is 0.0141. The Balaban J connectivity index is 1.67. The molecule has 0 atom stereocenters. The lowest BCUT2D eigenvalue weighted by Crippen LogP contribution is -2.02. The third kappa shape index (κ3) is 4.24. The van der Waals surface area contributed by atoms with Crippen molar-refractivity contribution in [2.24, 2.45) is 0 Å². The molecule has 1 aromatic heterocycles. The second-order valence-electron chi connectivity index (χ2n) is 4.23. The number of rotatable bonds is 7. The van der Waals surface area contributed by atoms with Gasteiger partial charge in [0.15, 0.2) is 0 Å². The molecular formula is C13H14ClN3O3. The molecule has 7 heteroatoms. The van der Waals surface area contributed by atoms with Crippen molar-refractivity contribution >= 4 is 17.3 Å². The minimum atomic E-state index is -0.453. The van der Waals surface area contributed by atoms with E-state index >= 15 is 0 Å². The van der Waals surface area contributed by atoms with Crippen LogP contribution in [0.2, 0.25) is 5.02 Å². The molecule has 106 valence electrons. The van der Waals surface area contributed by atoms with E-state index in [0.29, 0.717) is 18.2 Å². The number of nitro groups is 1. The fraction of sp³-hybridized carbons (Fsp3) is 0.308. The van der Waals surface area contributed by atoms with Gasteiger partial charge in [-0.25, -0.2) is 0 Å². The second-order valence-corrected chi connectivity index (χ2v) is 4.67. The lowest BCUT2D eigenvalue weighted by molar-refractivity contribution is -0.385. The number of benzene rings is 1. The highest BCUT2D eigenvalue weighted by molar-refractivity contribution is 6.30. The average Bonchev–Trinajstić information content (AvgIpc) is 2.87. The highest BCUT2D eigenvalue weighted by Crippen LogP contribution is 2.17. The normalized spacial score (nSPS) is 10.4. The van der Waals surface area contributed by atoms with Crippen LogP contribution in [0.1, 0.15) is 12.8 Å². The van der Waals surface area contributed by atoms with Crippen LogP contribution in [0.5, 0.6) is 5.75 Å². The molecule has 2 rings (SSSR count). The molecule has 2 aromatic rings. The molecule has 0 unspecified atom stereocenters. The van der Waals surface area contributed by atoms with E-state index in [0.717, 1.165) is 18.6 Å². The zero-order chi connectivity index (χ0) is 14.4. The van der Waals surface area contributed by atoms with Crippen molar-refractivity contribution in [3.05, 3.63) is 51.8 Å². The van der Waals surface area contributed by atoms with Crippen molar-refractivity contribution in [2.45, 2.75) is 19.4 Å². The molecule has 0 saturated carbocycles. The van der Waals surface area contributed by atoms with E-state index in [2.05, 4.69) is 5.10 Å². The third-order valence-electron chi connectivity index (χ3n) is 2.68. The highest BCUT2D eigenvalue weighted by Gasteiger charge is 2.07. The summed E-state index contributed by atoms with van der Waals surface area (Å²) in [6.07, 6.45) is 4.35. The molecule has 0 saturated heterocycles. The quantitative estimate of drug-likeness (QED) is 0.446. The van der Waals surface area contributed by atoms with Gasteiger partial charge in [0, 0.05) is 11.6 Å². The van der Waals surface area contributed by atoms with Crippen LogP contribution in [-0.2, 0) is 6.54 Å². The molecular weight excluding hydrogens is 282 g/mol. The molecule has 0 N–H and O–H groups in total. The molecule has 0 amide bonds. The van der Waals surface area contributed by atoms with Crippen molar-refractivity contribution in [1.29, 1.82) is 0 Å². The van der Waals surface area contributed by atoms with Gasteiger partial charge in [0.1, 0.15) is 18.1 Å². The van der Waals surface area contributed by atoms with Gasteiger partial charge in [-0.3, -0.25) is 14.8 Å². The number of nitrogens with zero attached hydrogens (tertiary/aromatic N) is 3. The fourth-order valence-electron chi connectivity index (χ4n) is 1.69. The Morgan fingerprint density at radius 3 is 2.95 bits per heavy atom. The van der Waals surface area contributed by atoms with Crippen molar-refractivity contribution in [3.63, 3.8) is 0 Å². The maximum Gasteiger partial charge on any atom is 0.306 e. The summed E-state index contributed by atoms with van der Waals surface area (Å²) in [7, 11) is 0. The standard InChI is InChI=1S/C13H14ClN3O3/c14-11-4-3-5-13(8-11)20-7-2-1-6-16-10-12(9-15-16)17(18)19/h3-5,8-10H,1-2,6-7H2. The zero-order valence-corrected chi connectivity index (χ0v) is 11.5. The smallest absolute Gasteiger partial charge is 0.306 e. The van der Waals surface area contributed by atoms with Crippen LogP contribution >= 0.6 is 11.6 Å². The van der Waals surface area contributed by atoms with Gasteiger partial charge in [-0.05, 0) is 31.0 Å². The Kier molecular flexibility index (Phi) is 4.95. The first-order valence-corrected chi connectivity index (χ1v) is 6.58. The number of unbranched alkanes of at least 4 members (excludes halogenated alkanes) is 1. The monoisotopic (exact) mass is 295 g/mol. The van der Waals surface area contributed by atoms with Crippen LogP contribution in [0, 0.1) is 10.1 Å². The van der Waals surface area contributed by atoms with Gasteiger partial charge in [0.25, 0.3) is 0 Å². The molecule has 0 bridgehead atoms. The maximum absolute atomic E-state index is 10.5. The molecule has 0 aliphatic carbocycles. The number of ether oxygens (including phenoxy) is 1. The molecule has 20 heavy (non-hydrogen) atoms. The van der Waals surface area contributed by atoms with Crippen LogP contribution in [0.15, 0.2) is 36.7 Å². The molecule has 6 nitrogen and oxygen atoms in total. The van der Waals surface area contributed by atoms with Gasteiger partial charge >= 0.3 is 5.69 Å². The first-order chi connectivity index (χ1) is 9.65. The lowest BCUT2D eigenvalue weighted by atomic mass is 10.3. The molecule has 0 aliphatic rings. The maximum atomic E-state index is 10.5. The summed E-state index contributed by atoms with van der Waals surface area (Å²) in [6.45, 7) is 1.20. The number of aryl methyl sites for hydroxylation is 1. The van der Waals surface area contributed by atoms with E-state index in [-0.39, 0.29) is 5.69 Å². The topological polar surface area (TPSA) is 70.2 Å². The Morgan fingerprint density at radius 1 is 1.40 bits per heavy atom. The minimum Gasteiger partial charge on any atom is -0.494 e. The van der Waals surface area contributed by atoms with Crippen LogP contribution in [-0.4, -0.2) is 21.3 Å². The van der Waals surface area contributed by atoms with E-state index in [1.54, 1.807) is 16.8 Å². The second kappa shape index (κ2) is 6.91. The van der Waals surface area contributed by atoms with Gasteiger partial charge in [-0.1, -0.05) is 17.7 Å². The molecule has 1 heterocycles. The van der Waals surface area contributed by atoms with E-state index < -0.39 is 4.92 Å². The van der Waals surface area contributed by atoms with Gasteiger partial charge < -0.3 is 4.74 Å². The van der Waals surface area contributed by atoms with E-state index in [1.165, 1.54) is 12.4 Å². The Labute approximate surface area is 121 Å². The molecule has 1 aromatic carbocycles. The van der Waals surface area contributed by atoms with Gasteiger partial charge in [0.2, 0.25) is 0 Å². The highest BCUT2D eigenvalue weighted by atomic mass is 35.5. The average molecular weight is 296 g/mol.